The van der Waals surface area contributed by atoms with E-state index in [9.17, 15) is 5.26 Å². The number of hydrogen-bond donors (Lipinski definition) is 1. The molecular formula is C16H14BrN3. The van der Waals surface area contributed by atoms with Crippen molar-refractivity contribution in [1.82, 2.24) is 0 Å². The van der Waals surface area contributed by atoms with E-state index in [0.29, 0.717) is 5.56 Å². The molecule has 0 fully saturated rings. The molecule has 2 aromatic rings. The van der Waals surface area contributed by atoms with E-state index in [1.807, 2.05) is 30.3 Å². The molecule has 1 aliphatic heterocycles. The third-order valence-corrected chi connectivity index (χ3v) is 4.41. The molecule has 2 N–H and O–H groups in total. The van der Waals surface area contributed by atoms with E-state index >= 15 is 0 Å². The predicted molar refractivity (Wildman–Crippen MR) is 84.5 cm³/mol. The van der Waals surface area contributed by atoms with Gasteiger partial charge in [-0.2, -0.15) is 5.26 Å². The number of fused-ring (bicyclic) bond motifs is 1. The summed E-state index contributed by atoms with van der Waals surface area (Å²) in [5.41, 5.74) is 11.1. The molecule has 3 rings (SSSR count). The monoisotopic (exact) mass is 327 g/mol. The highest BCUT2D eigenvalue weighted by Gasteiger charge is 2.20. The summed E-state index contributed by atoms with van der Waals surface area (Å²) in [5, 5.41) is 9.34. The highest BCUT2D eigenvalue weighted by Crippen LogP contribution is 2.32. The molecule has 0 bridgehead atoms. The minimum absolute atomic E-state index is 0.694. The lowest BCUT2D eigenvalue weighted by Gasteiger charge is -2.32. The molecule has 3 nitrogen and oxygen atoms in total. The third kappa shape index (κ3) is 2.14. The number of benzene rings is 2. The van der Waals surface area contributed by atoms with Gasteiger partial charge < -0.3 is 10.6 Å². The lowest BCUT2D eigenvalue weighted by atomic mass is 9.97. The first-order valence-corrected chi connectivity index (χ1v) is 7.30. The van der Waals surface area contributed by atoms with Crippen LogP contribution in [0, 0.1) is 11.3 Å². The molecular weight excluding hydrogens is 314 g/mol. The SMILES string of the molecule is N#Cc1c(Br)cccc1N1CCc2c(N)cccc2C1. The molecule has 0 unspecified atom stereocenters. The molecule has 4 heteroatoms. The molecule has 100 valence electrons. The van der Waals surface area contributed by atoms with E-state index < -0.39 is 0 Å². The van der Waals surface area contributed by atoms with Gasteiger partial charge in [-0.15, -0.1) is 0 Å². The number of hydrogen-bond acceptors (Lipinski definition) is 3. The molecule has 1 heterocycles. The average molecular weight is 328 g/mol. The highest BCUT2D eigenvalue weighted by atomic mass is 79.9. The third-order valence-electron chi connectivity index (χ3n) is 3.75. The van der Waals surface area contributed by atoms with E-state index in [1.54, 1.807) is 0 Å². The summed E-state index contributed by atoms with van der Waals surface area (Å²) < 4.78 is 0.843. The molecule has 0 aromatic heterocycles. The Balaban J connectivity index is 1.99. The van der Waals surface area contributed by atoms with Crippen LogP contribution in [0.25, 0.3) is 0 Å². The highest BCUT2D eigenvalue weighted by molar-refractivity contribution is 9.10. The predicted octanol–water partition coefficient (Wildman–Crippen LogP) is 3.47. The Morgan fingerprint density at radius 1 is 1.20 bits per heavy atom. The van der Waals surface area contributed by atoms with Gasteiger partial charge in [0.1, 0.15) is 6.07 Å². The number of rotatable bonds is 1. The second-order valence-electron chi connectivity index (χ2n) is 4.90. The van der Waals surface area contributed by atoms with Crippen molar-refractivity contribution in [2.75, 3.05) is 17.2 Å². The van der Waals surface area contributed by atoms with Crippen molar-refractivity contribution in [3.63, 3.8) is 0 Å². The van der Waals surface area contributed by atoms with E-state index in [1.165, 1.54) is 11.1 Å². The van der Waals surface area contributed by atoms with Crippen molar-refractivity contribution in [2.45, 2.75) is 13.0 Å². The van der Waals surface area contributed by atoms with Crippen molar-refractivity contribution in [3.8, 4) is 6.07 Å². The molecule has 0 spiro atoms. The smallest absolute Gasteiger partial charge is 0.103 e. The number of anilines is 2. The lowest BCUT2D eigenvalue weighted by Crippen LogP contribution is -2.31. The molecule has 20 heavy (non-hydrogen) atoms. The summed E-state index contributed by atoms with van der Waals surface area (Å²) in [4.78, 5) is 2.24. The number of nitriles is 1. The van der Waals surface area contributed by atoms with Crippen molar-refractivity contribution in [3.05, 3.63) is 57.6 Å². The quantitative estimate of drug-likeness (QED) is 0.816. The normalized spacial score (nSPS) is 13.7. The zero-order valence-electron chi connectivity index (χ0n) is 10.9. The summed E-state index contributed by atoms with van der Waals surface area (Å²) in [5.74, 6) is 0. The fourth-order valence-corrected chi connectivity index (χ4v) is 3.18. The minimum atomic E-state index is 0.694. The van der Waals surface area contributed by atoms with E-state index in [0.717, 1.165) is 35.4 Å². The van der Waals surface area contributed by atoms with Gasteiger partial charge in [0.05, 0.1) is 11.3 Å². The fourth-order valence-electron chi connectivity index (χ4n) is 2.73. The van der Waals surface area contributed by atoms with Gasteiger partial charge in [-0.3, -0.25) is 0 Å². The van der Waals surface area contributed by atoms with Gasteiger partial charge in [-0.05, 0) is 51.7 Å². The van der Waals surface area contributed by atoms with Crippen LogP contribution in [0.15, 0.2) is 40.9 Å². The van der Waals surface area contributed by atoms with Gasteiger partial charge in [0, 0.05) is 23.2 Å². The summed E-state index contributed by atoms with van der Waals surface area (Å²) in [6, 6.07) is 14.2. The standard InChI is InChI=1S/C16H14BrN3/c17-14-4-2-6-16(13(14)9-18)20-8-7-12-11(10-20)3-1-5-15(12)19/h1-6H,7-8,10,19H2. The number of nitrogen functional groups attached to an aromatic ring is 1. The van der Waals surface area contributed by atoms with Gasteiger partial charge in [0.15, 0.2) is 0 Å². The van der Waals surface area contributed by atoms with Crippen LogP contribution in [0.5, 0.6) is 0 Å². The van der Waals surface area contributed by atoms with Gasteiger partial charge in [-0.25, -0.2) is 0 Å². The maximum Gasteiger partial charge on any atom is 0.103 e. The Morgan fingerprint density at radius 3 is 2.80 bits per heavy atom. The summed E-state index contributed by atoms with van der Waals surface area (Å²) in [7, 11) is 0. The molecule has 0 radical (unpaired) electrons. The summed E-state index contributed by atoms with van der Waals surface area (Å²) in [6.07, 6.45) is 0.916. The van der Waals surface area contributed by atoms with E-state index in [-0.39, 0.29) is 0 Å². The second kappa shape index (κ2) is 5.18. The number of nitrogens with two attached hydrogens (primary N) is 1. The fraction of sp³-hybridized carbons (Fsp3) is 0.188. The van der Waals surface area contributed by atoms with Gasteiger partial charge in [-0.1, -0.05) is 18.2 Å². The van der Waals surface area contributed by atoms with Crippen LogP contribution >= 0.6 is 15.9 Å². The van der Waals surface area contributed by atoms with Crippen LogP contribution < -0.4 is 10.6 Å². The number of halogens is 1. The molecule has 0 amide bonds. The van der Waals surface area contributed by atoms with Crippen molar-refractivity contribution >= 4 is 27.3 Å². The average Bonchev–Trinajstić information content (AvgIpc) is 2.47. The molecule has 1 aliphatic rings. The Kier molecular flexibility index (Phi) is 3.37. The summed E-state index contributed by atoms with van der Waals surface area (Å²) in [6.45, 7) is 1.68. The van der Waals surface area contributed by atoms with Crippen LogP contribution in [0.2, 0.25) is 0 Å². The Labute approximate surface area is 126 Å². The van der Waals surface area contributed by atoms with Crippen molar-refractivity contribution < 1.29 is 0 Å². The van der Waals surface area contributed by atoms with Gasteiger partial charge >= 0.3 is 0 Å². The second-order valence-corrected chi connectivity index (χ2v) is 5.76. The molecule has 0 aliphatic carbocycles. The molecule has 2 aromatic carbocycles. The Morgan fingerprint density at radius 2 is 2.00 bits per heavy atom. The summed E-state index contributed by atoms with van der Waals surface area (Å²) >= 11 is 3.45. The van der Waals surface area contributed by atoms with Crippen molar-refractivity contribution in [2.24, 2.45) is 0 Å². The van der Waals surface area contributed by atoms with Crippen LogP contribution in [0.1, 0.15) is 16.7 Å². The largest absolute Gasteiger partial charge is 0.398 e. The maximum absolute atomic E-state index is 9.34. The molecule has 0 saturated heterocycles. The molecule has 0 atom stereocenters. The van der Waals surface area contributed by atoms with Gasteiger partial charge in [0.25, 0.3) is 0 Å². The molecule has 0 saturated carbocycles. The van der Waals surface area contributed by atoms with Crippen LogP contribution in [-0.2, 0) is 13.0 Å². The van der Waals surface area contributed by atoms with Crippen LogP contribution in [0.3, 0.4) is 0 Å². The number of nitrogens with zero attached hydrogens (tertiary/aromatic N) is 2. The Bertz CT molecular complexity index is 703. The first kappa shape index (κ1) is 13.0. The zero-order valence-corrected chi connectivity index (χ0v) is 12.5. The van der Waals surface area contributed by atoms with E-state index in [4.69, 9.17) is 5.73 Å². The van der Waals surface area contributed by atoms with Crippen LogP contribution in [-0.4, -0.2) is 6.54 Å². The Hall–Kier alpha value is -1.99. The minimum Gasteiger partial charge on any atom is -0.398 e. The topological polar surface area (TPSA) is 53.0 Å². The lowest BCUT2D eigenvalue weighted by molar-refractivity contribution is 0.732. The first-order valence-electron chi connectivity index (χ1n) is 6.50. The van der Waals surface area contributed by atoms with Crippen LogP contribution in [0.4, 0.5) is 11.4 Å². The van der Waals surface area contributed by atoms with E-state index in [2.05, 4.69) is 33.0 Å². The maximum atomic E-state index is 9.34. The zero-order chi connectivity index (χ0) is 14.1. The first-order chi connectivity index (χ1) is 9.70. The van der Waals surface area contributed by atoms with Crippen molar-refractivity contribution in [1.29, 1.82) is 5.26 Å². The van der Waals surface area contributed by atoms with Gasteiger partial charge in [0.2, 0.25) is 0 Å².